The zero-order chi connectivity index (χ0) is 24.8. The van der Waals surface area contributed by atoms with Crippen LogP contribution in [0, 0.1) is 5.92 Å². The average Bonchev–Trinajstić information content (AvgIpc) is 3.33. The molecule has 1 amide bonds. The van der Waals surface area contributed by atoms with Crippen LogP contribution in [0.3, 0.4) is 0 Å². The standard InChI is InChI=1S/C28H36N4O3/c1-20(18-28(2,3)23-8-6-5-7-9-23)29-27(33)22-14-16-32(17-15-22)19-25-30-26(31-35-25)21-10-12-24(34-4)13-11-21/h5-13,20,22H,14-19H2,1-4H3,(H,29,33). The molecule has 0 bridgehead atoms. The van der Waals surface area contributed by atoms with Crippen LogP contribution >= 0.6 is 0 Å². The molecule has 1 aliphatic rings. The van der Waals surface area contributed by atoms with Crippen LogP contribution in [0.5, 0.6) is 5.75 Å². The highest BCUT2D eigenvalue weighted by molar-refractivity contribution is 5.79. The smallest absolute Gasteiger partial charge is 0.241 e. The summed E-state index contributed by atoms with van der Waals surface area (Å²) in [6, 6.07) is 18.2. The number of hydrogen-bond donors (Lipinski definition) is 1. The van der Waals surface area contributed by atoms with E-state index in [1.807, 2.05) is 30.3 Å². The Kier molecular flexibility index (Phi) is 7.86. The van der Waals surface area contributed by atoms with E-state index in [0.717, 1.165) is 43.7 Å². The van der Waals surface area contributed by atoms with Gasteiger partial charge in [-0.05, 0) is 74.5 Å². The van der Waals surface area contributed by atoms with Crippen molar-refractivity contribution in [3.8, 4) is 17.1 Å². The number of hydrogen-bond acceptors (Lipinski definition) is 6. The minimum Gasteiger partial charge on any atom is -0.497 e. The topological polar surface area (TPSA) is 80.5 Å². The predicted octanol–water partition coefficient (Wildman–Crippen LogP) is 4.83. The molecule has 0 aliphatic carbocycles. The predicted molar refractivity (Wildman–Crippen MR) is 136 cm³/mol. The number of carbonyl (C=O) groups excluding carboxylic acids is 1. The van der Waals surface area contributed by atoms with Gasteiger partial charge in [0.15, 0.2) is 0 Å². The number of ether oxygens (including phenoxy) is 1. The van der Waals surface area contributed by atoms with Gasteiger partial charge in [0.1, 0.15) is 5.75 Å². The zero-order valence-corrected chi connectivity index (χ0v) is 21.2. The molecule has 1 atom stereocenters. The van der Waals surface area contributed by atoms with Crippen molar-refractivity contribution >= 4 is 5.91 Å². The summed E-state index contributed by atoms with van der Waals surface area (Å²) in [5.74, 6) is 2.17. The fourth-order valence-corrected chi connectivity index (χ4v) is 4.91. The second-order valence-corrected chi connectivity index (χ2v) is 10.2. The van der Waals surface area contributed by atoms with E-state index in [2.05, 4.69) is 65.4 Å². The third kappa shape index (κ3) is 6.48. The van der Waals surface area contributed by atoms with Gasteiger partial charge < -0.3 is 14.6 Å². The first kappa shape index (κ1) is 24.9. The van der Waals surface area contributed by atoms with E-state index in [-0.39, 0.29) is 23.3 Å². The Labute approximate surface area is 207 Å². The zero-order valence-electron chi connectivity index (χ0n) is 21.2. The molecule has 1 aromatic heterocycles. The third-order valence-electron chi connectivity index (χ3n) is 6.89. The molecular formula is C28H36N4O3. The summed E-state index contributed by atoms with van der Waals surface area (Å²) in [6.07, 6.45) is 2.56. The highest BCUT2D eigenvalue weighted by Crippen LogP contribution is 2.28. The van der Waals surface area contributed by atoms with Gasteiger partial charge in [-0.25, -0.2) is 0 Å². The molecule has 7 nitrogen and oxygen atoms in total. The molecule has 1 N–H and O–H groups in total. The highest BCUT2D eigenvalue weighted by atomic mass is 16.5. The third-order valence-corrected chi connectivity index (χ3v) is 6.89. The second-order valence-electron chi connectivity index (χ2n) is 10.2. The van der Waals surface area contributed by atoms with Crippen molar-refractivity contribution in [2.75, 3.05) is 20.2 Å². The van der Waals surface area contributed by atoms with Crippen molar-refractivity contribution in [3.05, 3.63) is 66.1 Å². The molecule has 1 saturated heterocycles. The van der Waals surface area contributed by atoms with Crippen LogP contribution < -0.4 is 10.1 Å². The Bertz CT molecular complexity index is 1090. The molecular weight excluding hydrogens is 440 g/mol. The van der Waals surface area contributed by atoms with Gasteiger partial charge in [-0.2, -0.15) is 4.98 Å². The van der Waals surface area contributed by atoms with Gasteiger partial charge >= 0.3 is 0 Å². The number of amides is 1. The van der Waals surface area contributed by atoms with Crippen LogP contribution in [0.25, 0.3) is 11.4 Å². The number of carbonyl (C=O) groups is 1. The Balaban J connectivity index is 1.23. The summed E-state index contributed by atoms with van der Waals surface area (Å²) in [5.41, 5.74) is 2.19. The maximum atomic E-state index is 12.9. The normalized spacial score (nSPS) is 16.1. The van der Waals surface area contributed by atoms with E-state index in [1.54, 1.807) is 7.11 Å². The molecule has 0 spiro atoms. The number of benzene rings is 2. The Morgan fingerprint density at radius 2 is 1.83 bits per heavy atom. The fourth-order valence-electron chi connectivity index (χ4n) is 4.91. The van der Waals surface area contributed by atoms with E-state index < -0.39 is 0 Å². The quantitative estimate of drug-likeness (QED) is 0.476. The lowest BCUT2D eigenvalue weighted by Crippen LogP contribution is -2.44. The largest absolute Gasteiger partial charge is 0.497 e. The molecule has 7 heteroatoms. The molecule has 1 unspecified atom stereocenters. The molecule has 4 rings (SSSR count). The molecule has 0 radical (unpaired) electrons. The minimum atomic E-state index is 0.00602. The molecule has 1 fully saturated rings. The van der Waals surface area contributed by atoms with E-state index >= 15 is 0 Å². The minimum absolute atomic E-state index is 0.00602. The number of piperidine rings is 1. The van der Waals surface area contributed by atoms with Crippen molar-refractivity contribution < 1.29 is 14.1 Å². The van der Waals surface area contributed by atoms with Crippen LogP contribution in [-0.4, -0.2) is 47.2 Å². The summed E-state index contributed by atoms with van der Waals surface area (Å²) in [7, 11) is 1.64. The van der Waals surface area contributed by atoms with Crippen molar-refractivity contribution in [1.29, 1.82) is 0 Å². The maximum Gasteiger partial charge on any atom is 0.241 e. The van der Waals surface area contributed by atoms with E-state index in [9.17, 15) is 4.79 Å². The highest BCUT2D eigenvalue weighted by Gasteiger charge is 2.29. The molecule has 1 aliphatic heterocycles. The van der Waals surface area contributed by atoms with Crippen molar-refractivity contribution in [2.24, 2.45) is 5.92 Å². The number of aromatic nitrogens is 2. The van der Waals surface area contributed by atoms with Crippen molar-refractivity contribution in [3.63, 3.8) is 0 Å². The second kappa shape index (κ2) is 11.0. The monoisotopic (exact) mass is 476 g/mol. The molecule has 2 heterocycles. The summed E-state index contributed by atoms with van der Waals surface area (Å²) < 4.78 is 10.7. The lowest BCUT2D eigenvalue weighted by atomic mass is 9.79. The summed E-state index contributed by atoms with van der Waals surface area (Å²) in [5, 5.41) is 7.38. The number of nitrogens with one attached hydrogen (secondary N) is 1. The SMILES string of the molecule is COc1ccc(-c2noc(CN3CCC(C(=O)NC(C)CC(C)(C)c4ccccc4)CC3)n2)cc1. The lowest BCUT2D eigenvalue weighted by Gasteiger charge is -2.32. The van der Waals surface area contributed by atoms with Gasteiger partial charge in [-0.1, -0.05) is 49.3 Å². The van der Waals surface area contributed by atoms with Crippen molar-refractivity contribution in [2.45, 2.75) is 58.0 Å². The average molecular weight is 477 g/mol. The van der Waals surface area contributed by atoms with Crippen LogP contribution in [-0.2, 0) is 16.8 Å². The van der Waals surface area contributed by atoms with Crippen LogP contribution in [0.1, 0.15) is 51.5 Å². The Morgan fingerprint density at radius 1 is 1.14 bits per heavy atom. The maximum absolute atomic E-state index is 12.9. The van der Waals surface area contributed by atoms with Gasteiger partial charge in [0.05, 0.1) is 13.7 Å². The number of nitrogens with zero attached hydrogens (tertiary/aromatic N) is 3. The summed E-state index contributed by atoms with van der Waals surface area (Å²) in [6.45, 7) is 8.85. The fraction of sp³-hybridized carbons (Fsp3) is 0.464. The number of methoxy groups -OCH3 is 1. The van der Waals surface area contributed by atoms with E-state index in [0.29, 0.717) is 18.3 Å². The van der Waals surface area contributed by atoms with Crippen LogP contribution in [0.2, 0.25) is 0 Å². The first-order chi connectivity index (χ1) is 16.8. The molecule has 186 valence electrons. The van der Waals surface area contributed by atoms with Gasteiger partial charge in [0.2, 0.25) is 17.6 Å². The van der Waals surface area contributed by atoms with Crippen LogP contribution in [0.4, 0.5) is 0 Å². The van der Waals surface area contributed by atoms with Crippen molar-refractivity contribution in [1.82, 2.24) is 20.4 Å². The van der Waals surface area contributed by atoms with Gasteiger partial charge in [-0.15, -0.1) is 0 Å². The van der Waals surface area contributed by atoms with E-state index in [4.69, 9.17) is 9.26 Å². The first-order valence-electron chi connectivity index (χ1n) is 12.4. The van der Waals surface area contributed by atoms with Gasteiger partial charge in [0, 0.05) is 17.5 Å². The molecule has 2 aromatic carbocycles. The summed E-state index contributed by atoms with van der Waals surface area (Å²) in [4.78, 5) is 19.7. The Hall–Kier alpha value is -3.19. The van der Waals surface area contributed by atoms with Gasteiger partial charge in [-0.3, -0.25) is 9.69 Å². The number of rotatable bonds is 9. The van der Waals surface area contributed by atoms with Crippen LogP contribution in [0.15, 0.2) is 59.1 Å². The Morgan fingerprint density at radius 3 is 2.49 bits per heavy atom. The first-order valence-corrected chi connectivity index (χ1v) is 12.4. The summed E-state index contributed by atoms with van der Waals surface area (Å²) >= 11 is 0. The lowest BCUT2D eigenvalue weighted by molar-refractivity contribution is -0.127. The number of likely N-dealkylation sites (tertiary alicyclic amines) is 1. The molecule has 35 heavy (non-hydrogen) atoms. The van der Waals surface area contributed by atoms with Gasteiger partial charge in [0.25, 0.3) is 0 Å². The van der Waals surface area contributed by atoms with E-state index in [1.165, 1.54) is 5.56 Å². The molecule has 0 saturated carbocycles. The molecule has 3 aromatic rings.